The Labute approximate surface area is 108 Å². The smallest absolute Gasteiger partial charge is 0.244 e. The average Bonchev–Trinajstić information content (AvgIpc) is 2.21. The van der Waals surface area contributed by atoms with E-state index in [0.717, 1.165) is 15.7 Å². The number of amides is 1. The molecule has 0 aliphatic heterocycles. The fourth-order valence-corrected chi connectivity index (χ4v) is 2.06. The number of nitrogens with zero attached hydrogens (tertiary/aromatic N) is 1. The van der Waals surface area contributed by atoms with Crippen molar-refractivity contribution in [3.05, 3.63) is 27.8 Å². The van der Waals surface area contributed by atoms with E-state index >= 15 is 0 Å². The van der Waals surface area contributed by atoms with E-state index in [9.17, 15) is 4.79 Å². The van der Waals surface area contributed by atoms with Crippen LogP contribution < -0.4 is 5.32 Å². The number of nitriles is 1. The lowest BCUT2D eigenvalue weighted by molar-refractivity contribution is -0.126. The van der Waals surface area contributed by atoms with Crippen molar-refractivity contribution in [2.75, 3.05) is 5.32 Å². The molecule has 0 saturated heterocycles. The number of carbonyl (C=O) groups is 1. The Morgan fingerprint density at radius 1 is 1.38 bits per heavy atom. The Kier molecular flexibility index (Phi) is 3.15. The van der Waals surface area contributed by atoms with Gasteiger partial charge in [0.05, 0.1) is 6.07 Å². The molecule has 1 fully saturated rings. The molecular weight excluding hydrogens is 315 g/mol. The molecule has 3 nitrogen and oxygen atoms in total. The van der Waals surface area contributed by atoms with Crippen molar-refractivity contribution < 1.29 is 4.79 Å². The SMILES string of the molecule is N#CC1(C(=O)Nc2ccc(I)cc2)CCC1. The summed E-state index contributed by atoms with van der Waals surface area (Å²) in [5.41, 5.74) is -0.0184. The topological polar surface area (TPSA) is 52.9 Å². The summed E-state index contributed by atoms with van der Waals surface area (Å²) in [5.74, 6) is -0.164. The van der Waals surface area contributed by atoms with E-state index in [1.807, 2.05) is 24.3 Å². The summed E-state index contributed by atoms with van der Waals surface area (Å²) in [6, 6.07) is 9.69. The summed E-state index contributed by atoms with van der Waals surface area (Å²) in [7, 11) is 0. The van der Waals surface area contributed by atoms with Crippen LogP contribution in [0.15, 0.2) is 24.3 Å². The van der Waals surface area contributed by atoms with E-state index in [1.54, 1.807) is 0 Å². The molecule has 2 rings (SSSR count). The fourth-order valence-electron chi connectivity index (χ4n) is 1.70. The van der Waals surface area contributed by atoms with Gasteiger partial charge in [-0.2, -0.15) is 5.26 Å². The molecule has 1 amide bonds. The standard InChI is InChI=1S/C12H11IN2O/c13-9-2-4-10(5-3-9)15-11(16)12(8-14)6-1-7-12/h2-5H,1,6-7H2,(H,15,16). The minimum Gasteiger partial charge on any atom is -0.325 e. The molecular formula is C12H11IN2O. The zero-order valence-electron chi connectivity index (χ0n) is 8.66. The van der Waals surface area contributed by atoms with Gasteiger partial charge in [0.25, 0.3) is 0 Å². The van der Waals surface area contributed by atoms with Crippen LogP contribution in [0.3, 0.4) is 0 Å². The maximum atomic E-state index is 11.9. The van der Waals surface area contributed by atoms with E-state index in [2.05, 4.69) is 34.0 Å². The summed E-state index contributed by atoms with van der Waals surface area (Å²) < 4.78 is 1.12. The number of carbonyl (C=O) groups excluding carboxylic acids is 1. The van der Waals surface area contributed by atoms with Crippen LogP contribution >= 0.6 is 22.6 Å². The molecule has 0 spiro atoms. The quantitative estimate of drug-likeness (QED) is 0.850. The largest absolute Gasteiger partial charge is 0.325 e. The summed E-state index contributed by atoms with van der Waals surface area (Å²) in [6.07, 6.45) is 2.33. The number of halogens is 1. The number of nitrogens with one attached hydrogen (secondary N) is 1. The number of hydrogen-bond acceptors (Lipinski definition) is 2. The first-order valence-corrected chi connectivity index (χ1v) is 6.22. The molecule has 0 radical (unpaired) electrons. The second-order valence-corrected chi connectivity index (χ2v) is 5.25. The molecule has 0 unspecified atom stereocenters. The molecule has 1 N–H and O–H groups in total. The first kappa shape index (κ1) is 11.4. The monoisotopic (exact) mass is 326 g/mol. The molecule has 1 aromatic rings. The minimum absolute atomic E-state index is 0.164. The van der Waals surface area contributed by atoms with Gasteiger partial charge in [0.2, 0.25) is 5.91 Å². The molecule has 0 atom stereocenters. The molecule has 0 bridgehead atoms. The number of anilines is 1. The van der Waals surface area contributed by atoms with Crippen LogP contribution in [0.1, 0.15) is 19.3 Å². The van der Waals surface area contributed by atoms with Gasteiger partial charge in [0.1, 0.15) is 5.41 Å². The zero-order chi connectivity index (χ0) is 11.6. The summed E-state index contributed by atoms with van der Waals surface area (Å²) in [4.78, 5) is 11.9. The third kappa shape index (κ3) is 2.05. The van der Waals surface area contributed by atoms with Crippen molar-refractivity contribution in [3.63, 3.8) is 0 Å². The van der Waals surface area contributed by atoms with Crippen LogP contribution in [0.2, 0.25) is 0 Å². The van der Waals surface area contributed by atoms with Crippen molar-refractivity contribution in [1.29, 1.82) is 5.26 Å². The highest BCUT2D eigenvalue weighted by Crippen LogP contribution is 2.41. The Hall–Kier alpha value is -1.09. The van der Waals surface area contributed by atoms with Gasteiger partial charge in [0, 0.05) is 9.26 Å². The third-order valence-corrected chi connectivity index (χ3v) is 3.68. The Bertz CT molecular complexity index is 443. The molecule has 1 aliphatic carbocycles. The van der Waals surface area contributed by atoms with Crippen LogP contribution in [-0.2, 0) is 4.79 Å². The van der Waals surface area contributed by atoms with E-state index in [-0.39, 0.29) is 5.91 Å². The molecule has 1 aliphatic rings. The molecule has 16 heavy (non-hydrogen) atoms. The number of hydrogen-bond donors (Lipinski definition) is 1. The van der Waals surface area contributed by atoms with Crippen molar-refractivity contribution in [2.45, 2.75) is 19.3 Å². The van der Waals surface area contributed by atoms with E-state index < -0.39 is 5.41 Å². The highest BCUT2D eigenvalue weighted by atomic mass is 127. The molecule has 82 valence electrons. The lowest BCUT2D eigenvalue weighted by atomic mass is 9.69. The maximum Gasteiger partial charge on any atom is 0.244 e. The predicted molar refractivity (Wildman–Crippen MR) is 69.7 cm³/mol. The van der Waals surface area contributed by atoms with Crippen LogP contribution in [0.4, 0.5) is 5.69 Å². The lowest BCUT2D eigenvalue weighted by Gasteiger charge is -2.33. The van der Waals surface area contributed by atoms with Crippen molar-refractivity contribution in [2.24, 2.45) is 5.41 Å². The highest BCUT2D eigenvalue weighted by Gasteiger charge is 2.44. The first-order valence-electron chi connectivity index (χ1n) is 5.15. The molecule has 0 aromatic heterocycles. The van der Waals surface area contributed by atoms with Gasteiger partial charge in [-0.05, 0) is 66.1 Å². The van der Waals surface area contributed by atoms with Crippen molar-refractivity contribution in [3.8, 4) is 6.07 Å². The predicted octanol–water partition coefficient (Wildman–Crippen LogP) is 2.92. The summed E-state index contributed by atoms with van der Waals surface area (Å²) in [6.45, 7) is 0. The van der Waals surface area contributed by atoms with E-state index in [1.165, 1.54) is 0 Å². The second kappa shape index (κ2) is 4.42. The lowest BCUT2D eigenvalue weighted by Crippen LogP contribution is -2.40. The van der Waals surface area contributed by atoms with Gasteiger partial charge in [-0.3, -0.25) is 4.79 Å². The molecule has 1 saturated carbocycles. The minimum atomic E-state index is -0.775. The Morgan fingerprint density at radius 2 is 2.00 bits per heavy atom. The highest BCUT2D eigenvalue weighted by molar-refractivity contribution is 14.1. The van der Waals surface area contributed by atoms with Gasteiger partial charge in [-0.15, -0.1) is 0 Å². The first-order chi connectivity index (χ1) is 7.66. The van der Waals surface area contributed by atoms with Gasteiger partial charge < -0.3 is 5.32 Å². The van der Waals surface area contributed by atoms with Gasteiger partial charge in [0.15, 0.2) is 0 Å². The number of rotatable bonds is 2. The van der Waals surface area contributed by atoms with Crippen molar-refractivity contribution >= 4 is 34.2 Å². The third-order valence-electron chi connectivity index (χ3n) is 2.96. The van der Waals surface area contributed by atoms with Gasteiger partial charge in [-0.1, -0.05) is 0 Å². The van der Waals surface area contributed by atoms with Crippen LogP contribution in [0.5, 0.6) is 0 Å². The molecule has 0 heterocycles. The Morgan fingerprint density at radius 3 is 2.44 bits per heavy atom. The zero-order valence-corrected chi connectivity index (χ0v) is 10.8. The van der Waals surface area contributed by atoms with Crippen LogP contribution in [0, 0.1) is 20.3 Å². The van der Waals surface area contributed by atoms with Crippen LogP contribution in [-0.4, -0.2) is 5.91 Å². The second-order valence-electron chi connectivity index (χ2n) is 4.01. The normalized spacial score (nSPS) is 17.0. The Balaban J connectivity index is 2.08. The molecule has 1 aromatic carbocycles. The van der Waals surface area contributed by atoms with E-state index in [0.29, 0.717) is 12.8 Å². The maximum absolute atomic E-state index is 11.9. The average molecular weight is 326 g/mol. The van der Waals surface area contributed by atoms with Gasteiger partial charge >= 0.3 is 0 Å². The summed E-state index contributed by atoms with van der Waals surface area (Å²) >= 11 is 2.21. The number of benzene rings is 1. The van der Waals surface area contributed by atoms with E-state index in [4.69, 9.17) is 5.26 Å². The molecule has 4 heteroatoms. The fraction of sp³-hybridized carbons (Fsp3) is 0.333. The van der Waals surface area contributed by atoms with Crippen LogP contribution in [0.25, 0.3) is 0 Å². The van der Waals surface area contributed by atoms with Crippen molar-refractivity contribution in [1.82, 2.24) is 0 Å². The van der Waals surface area contributed by atoms with Gasteiger partial charge in [-0.25, -0.2) is 0 Å². The summed E-state index contributed by atoms with van der Waals surface area (Å²) in [5, 5.41) is 11.8.